The monoisotopic (exact) mass is 587 g/mol. The number of imide groups is 1. The van der Waals surface area contributed by atoms with Crippen LogP contribution in [0.2, 0.25) is 5.02 Å². The largest absolute Gasteiger partial charge is 0.486 e. The van der Waals surface area contributed by atoms with E-state index in [1.165, 1.54) is 0 Å². The van der Waals surface area contributed by atoms with Crippen LogP contribution in [0.1, 0.15) is 18.1 Å². The van der Waals surface area contributed by atoms with Crippen molar-refractivity contribution in [2.24, 2.45) is 0 Å². The van der Waals surface area contributed by atoms with Crippen molar-refractivity contribution in [2.45, 2.75) is 13.5 Å². The zero-order chi connectivity index (χ0) is 22.5. The molecule has 0 N–H and O–H groups in total. The molecule has 0 saturated carbocycles. The lowest BCUT2D eigenvalue weighted by Gasteiger charge is -2.12. The van der Waals surface area contributed by atoms with E-state index in [2.05, 4.69) is 31.9 Å². The summed E-state index contributed by atoms with van der Waals surface area (Å²) in [7, 11) is 0. The fourth-order valence-electron chi connectivity index (χ4n) is 2.69. The van der Waals surface area contributed by atoms with Gasteiger partial charge in [0.05, 0.1) is 20.5 Å². The van der Waals surface area contributed by atoms with Crippen LogP contribution in [-0.2, 0) is 20.9 Å². The van der Waals surface area contributed by atoms with E-state index in [1.54, 1.807) is 31.2 Å². The molecule has 1 fully saturated rings. The molecule has 0 aliphatic carbocycles. The molecular formula is C21H16Br2ClNO5S. The summed E-state index contributed by atoms with van der Waals surface area (Å²) in [4.78, 5) is 37.4. The van der Waals surface area contributed by atoms with Crippen LogP contribution in [0.4, 0.5) is 4.79 Å². The first-order chi connectivity index (χ1) is 14.8. The average molecular weight is 590 g/mol. The lowest BCUT2D eigenvalue weighted by Crippen LogP contribution is -2.34. The Balaban J connectivity index is 1.76. The third kappa shape index (κ3) is 5.91. The second-order valence-electron chi connectivity index (χ2n) is 6.27. The Morgan fingerprint density at radius 3 is 2.52 bits per heavy atom. The number of hydrogen-bond acceptors (Lipinski definition) is 6. The smallest absolute Gasteiger partial charge is 0.326 e. The van der Waals surface area contributed by atoms with Crippen LogP contribution in [0.3, 0.4) is 0 Å². The normalized spacial score (nSPS) is 15.0. The molecule has 0 spiro atoms. The van der Waals surface area contributed by atoms with Gasteiger partial charge in [0.25, 0.3) is 11.1 Å². The van der Waals surface area contributed by atoms with Crippen LogP contribution in [-0.4, -0.2) is 35.2 Å². The summed E-state index contributed by atoms with van der Waals surface area (Å²) >= 11 is 13.9. The second-order valence-corrected chi connectivity index (χ2v) is 9.38. The van der Waals surface area contributed by atoms with Crippen LogP contribution < -0.4 is 4.74 Å². The molecule has 2 aromatic rings. The highest BCUT2D eigenvalue weighted by molar-refractivity contribution is 9.11. The molecule has 0 bridgehead atoms. The molecule has 0 unspecified atom stereocenters. The minimum Gasteiger partial charge on any atom is -0.486 e. The Morgan fingerprint density at radius 2 is 1.87 bits per heavy atom. The maximum Gasteiger partial charge on any atom is 0.326 e. The van der Waals surface area contributed by atoms with Crippen molar-refractivity contribution in [3.8, 4) is 5.75 Å². The van der Waals surface area contributed by atoms with Crippen molar-refractivity contribution in [2.75, 3.05) is 13.2 Å². The highest BCUT2D eigenvalue weighted by Gasteiger charge is 2.36. The quantitative estimate of drug-likeness (QED) is 0.290. The molecule has 1 aliphatic rings. The molecule has 162 valence electrons. The molecule has 1 saturated heterocycles. The van der Waals surface area contributed by atoms with E-state index in [0.717, 1.165) is 22.2 Å². The number of carbonyl (C=O) groups is 3. The van der Waals surface area contributed by atoms with Gasteiger partial charge in [0.1, 0.15) is 18.9 Å². The first-order valence-corrected chi connectivity index (χ1v) is 11.8. The number of amides is 2. The van der Waals surface area contributed by atoms with Crippen molar-refractivity contribution in [1.82, 2.24) is 4.90 Å². The molecule has 3 rings (SSSR count). The van der Waals surface area contributed by atoms with Crippen LogP contribution in [0, 0.1) is 0 Å². The molecular weight excluding hydrogens is 574 g/mol. The molecule has 10 heteroatoms. The van der Waals surface area contributed by atoms with Crippen LogP contribution in [0.5, 0.6) is 5.75 Å². The van der Waals surface area contributed by atoms with Gasteiger partial charge in [0.15, 0.2) is 0 Å². The summed E-state index contributed by atoms with van der Waals surface area (Å²) < 4.78 is 12.0. The number of nitrogens with zero attached hydrogens (tertiary/aromatic N) is 1. The second kappa shape index (κ2) is 10.7. The number of benzene rings is 2. The van der Waals surface area contributed by atoms with Gasteiger partial charge in [-0.2, -0.15) is 0 Å². The zero-order valence-electron chi connectivity index (χ0n) is 16.2. The van der Waals surface area contributed by atoms with Crippen molar-refractivity contribution in [3.63, 3.8) is 0 Å². The maximum absolute atomic E-state index is 12.5. The number of esters is 1. The minimum atomic E-state index is -0.628. The van der Waals surface area contributed by atoms with E-state index in [1.807, 2.05) is 18.2 Å². The van der Waals surface area contributed by atoms with E-state index in [-0.39, 0.29) is 18.1 Å². The van der Waals surface area contributed by atoms with Crippen LogP contribution in [0.25, 0.3) is 6.08 Å². The molecule has 0 aromatic heterocycles. The predicted molar refractivity (Wildman–Crippen MR) is 127 cm³/mol. The molecule has 31 heavy (non-hydrogen) atoms. The summed E-state index contributed by atoms with van der Waals surface area (Å²) in [5.74, 6) is -0.585. The lowest BCUT2D eigenvalue weighted by molar-refractivity contribution is -0.145. The fraction of sp³-hybridized carbons (Fsp3) is 0.190. The molecule has 1 aliphatic heterocycles. The van der Waals surface area contributed by atoms with Crippen molar-refractivity contribution < 1.29 is 23.9 Å². The number of thioether (sulfide) groups is 1. The van der Waals surface area contributed by atoms with Gasteiger partial charge in [-0.05, 0) is 80.4 Å². The maximum atomic E-state index is 12.5. The van der Waals surface area contributed by atoms with Crippen LogP contribution >= 0.6 is 55.2 Å². The van der Waals surface area contributed by atoms with Gasteiger partial charge in [0, 0.05) is 10.6 Å². The predicted octanol–water partition coefficient (Wildman–Crippen LogP) is 6.04. The third-order valence-corrected chi connectivity index (χ3v) is 6.57. The third-order valence-electron chi connectivity index (χ3n) is 4.11. The van der Waals surface area contributed by atoms with Gasteiger partial charge in [0.2, 0.25) is 0 Å². The zero-order valence-corrected chi connectivity index (χ0v) is 20.9. The number of rotatable bonds is 7. The SMILES string of the molecule is CCOC(=O)CN1C(=O)S/C(=C/c2cc(Br)c(OCc3ccccc3Cl)c(Br)c2)C1=O. The molecule has 0 radical (unpaired) electrons. The standard InChI is InChI=1S/C21H16Br2ClNO5S/c1-2-29-18(26)10-25-20(27)17(31-21(25)28)9-12-7-14(22)19(15(23)8-12)30-11-13-5-3-4-6-16(13)24/h3-9H,2,10-11H2,1H3/b17-9+. The Hall–Kier alpha value is -1.81. The van der Waals surface area contributed by atoms with Gasteiger partial charge in [-0.25, -0.2) is 0 Å². The Labute approximate surface area is 205 Å². The van der Waals surface area contributed by atoms with Gasteiger partial charge in [-0.1, -0.05) is 29.8 Å². The summed E-state index contributed by atoms with van der Waals surface area (Å²) in [6.07, 6.45) is 1.59. The van der Waals surface area contributed by atoms with E-state index >= 15 is 0 Å². The number of halogens is 3. The Bertz CT molecular complexity index is 1050. The summed E-state index contributed by atoms with van der Waals surface area (Å²) in [5.41, 5.74) is 1.52. The van der Waals surface area contributed by atoms with E-state index in [9.17, 15) is 14.4 Å². The fourth-order valence-corrected chi connectivity index (χ4v) is 5.17. The molecule has 6 nitrogen and oxygen atoms in total. The average Bonchev–Trinajstić information content (AvgIpc) is 2.96. The lowest BCUT2D eigenvalue weighted by atomic mass is 10.2. The van der Waals surface area contributed by atoms with Gasteiger partial charge >= 0.3 is 5.97 Å². The first-order valence-electron chi connectivity index (χ1n) is 9.06. The topological polar surface area (TPSA) is 72.9 Å². The van der Waals surface area contributed by atoms with Gasteiger partial charge < -0.3 is 9.47 Å². The molecule has 1 heterocycles. The molecule has 2 amide bonds. The molecule has 0 atom stereocenters. The van der Waals surface area contributed by atoms with E-state index in [0.29, 0.717) is 25.3 Å². The van der Waals surface area contributed by atoms with E-state index in [4.69, 9.17) is 21.1 Å². The first kappa shape index (κ1) is 23.8. The summed E-state index contributed by atoms with van der Waals surface area (Å²) in [6.45, 7) is 1.71. The highest BCUT2D eigenvalue weighted by atomic mass is 79.9. The van der Waals surface area contributed by atoms with Crippen molar-refractivity contribution in [3.05, 3.63) is 66.4 Å². The van der Waals surface area contributed by atoms with E-state index < -0.39 is 23.7 Å². The Morgan fingerprint density at radius 1 is 1.19 bits per heavy atom. The molecule has 2 aromatic carbocycles. The number of carbonyl (C=O) groups excluding carboxylic acids is 3. The number of ether oxygens (including phenoxy) is 2. The Kier molecular flexibility index (Phi) is 8.21. The van der Waals surface area contributed by atoms with Gasteiger partial charge in [-0.15, -0.1) is 0 Å². The summed E-state index contributed by atoms with van der Waals surface area (Å²) in [6, 6.07) is 10.9. The van der Waals surface area contributed by atoms with Crippen molar-refractivity contribution in [1.29, 1.82) is 0 Å². The van der Waals surface area contributed by atoms with Crippen molar-refractivity contribution >= 4 is 78.4 Å². The highest BCUT2D eigenvalue weighted by Crippen LogP contribution is 2.38. The summed E-state index contributed by atoms with van der Waals surface area (Å²) in [5, 5.41) is 0.104. The minimum absolute atomic E-state index is 0.178. The van der Waals surface area contributed by atoms with Crippen LogP contribution in [0.15, 0.2) is 50.2 Å². The number of hydrogen-bond donors (Lipinski definition) is 0. The van der Waals surface area contributed by atoms with Gasteiger partial charge in [-0.3, -0.25) is 19.3 Å².